The monoisotopic (exact) mass is 434 g/mol. The van der Waals surface area contributed by atoms with E-state index in [1.54, 1.807) is 48.7 Å². The molecule has 1 aromatic heterocycles. The van der Waals surface area contributed by atoms with Gasteiger partial charge < -0.3 is 10.1 Å². The summed E-state index contributed by atoms with van der Waals surface area (Å²) in [5, 5.41) is 3.13. The number of hydrogen-bond acceptors (Lipinski definition) is 3. The minimum absolute atomic E-state index is 0.184. The molecule has 0 spiro atoms. The van der Waals surface area contributed by atoms with Gasteiger partial charge in [0.25, 0.3) is 5.91 Å². The molecule has 0 saturated carbocycles. The van der Waals surface area contributed by atoms with E-state index in [0.29, 0.717) is 27.8 Å². The van der Waals surface area contributed by atoms with E-state index in [4.69, 9.17) is 16.3 Å². The molecule has 3 rings (SSSR count). The third kappa shape index (κ3) is 4.59. The Bertz CT molecular complexity index is 952. The molecule has 7 heteroatoms. The average molecular weight is 436 g/mol. The third-order valence-electron chi connectivity index (χ3n) is 3.48. The van der Waals surface area contributed by atoms with E-state index in [1.807, 2.05) is 0 Å². The maximum Gasteiger partial charge on any atom is 0.253 e. The molecule has 1 heterocycles. The topological polar surface area (TPSA) is 51.2 Å². The van der Waals surface area contributed by atoms with Crippen LogP contribution in [0.15, 0.2) is 65.3 Å². The summed E-state index contributed by atoms with van der Waals surface area (Å²) in [5.41, 5.74) is 1.02. The van der Waals surface area contributed by atoms with Crippen LogP contribution in [0.2, 0.25) is 5.02 Å². The van der Waals surface area contributed by atoms with Crippen LogP contribution in [-0.2, 0) is 6.54 Å². The largest absolute Gasteiger partial charge is 0.439 e. The number of carbonyl (C=O) groups is 1. The number of nitrogens with zero attached hydrogens (tertiary/aromatic N) is 1. The number of amides is 1. The highest BCUT2D eigenvalue weighted by atomic mass is 79.9. The lowest BCUT2D eigenvalue weighted by molar-refractivity contribution is 0.0951. The second-order valence-electron chi connectivity index (χ2n) is 5.33. The zero-order chi connectivity index (χ0) is 18.5. The summed E-state index contributed by atoms with van der Waals surface area (Å²) >= 11 is 9.40. The Morgan fingerprint density at radius 1 is 1.19 bits per heavy atom. The fourth-order valence-corrected chi connectivity index (χ4v) is 3.00. The van der Waals surface area contributed by atoms with Crippen molar-refractivity contribution in [2.75, 3.05) is 0 Å². The molecule has 3 aromatic rings. The fourth-order valence-electron chi connectivity index (χ4n) is 2.24. The van der Waals surface area contributed by atoms with Crippen molar-refractivity contribution in [3.8, 4) is 11.6 Å². The first kappa shape index (κ1) is 18.4. The van der Waals surface area contributed by atoms with E-state index in [9.17, 15) is 9.18 Å². The maximum absolute atomic E-state index is 13.3. The van der Waals surface area contributed by atoms with Crippen molar-refractivity contribution in [3.63, 3.8) is 0 Å². The second kappa shape index (κ2) is 8.29. The molecule has 26 heavy (non-hydrogen) atoms. The van der Waals surface area contributed by atoms with E-state index in [1.165, 1.54) is 12.1 Å². The number of nitrogens with one attached hydrogen (secondary N) is 1. The molecule has 4 nitrogen and oxygen atoms in total. The number of pyridine rings is 1. The Balaban J connectivity index is 1.73. The van der Waals surface area contributed by atoms with Crippen molar-refractivity contribution in [2.45, 2.75) is 6.54 Å². The van der Waals surface area contributed by atoms with E-state index >= 15 is 0 Å². The highest BCUT2D eigenvalue weighted by Gasteiger charge is 2.12. The summed E-state index contributed by atoms with van der Waals surface area (Å²) in [6.45, 7) is 0.184. The molecule has 0 saturated heterocycles. The molecule has 2 aromatic carbocycles. The fraction of sp³-hybridized carbons (Fsp3) is 0.0526. The van der Waals surface area contributed by atoms with E-state index in [0.717, 1.165) is 4.47 Å². The van der Waals surface area contributed by atoms with Gasteiger partial charge in [-0.3, -0.25) is 4.79 Å². The number of benzene rings is 2. The third-order valence-corrected chi connectivity index (χ3v) is 4.28. The molecule has 0 bridgehead atoms. The number of carbonyl (C=O) groups excluding carboxylic acids is 1. The van der Waals surface area contributed by atoms with Crippen LogP contribution in [0.3, 0.4) is 0 Å². The van der Waals surface area contributed by atoms with Crippen LogP contribution < -0.4 is 10.1 Å². The van der Waals surface area contributed by atoms with Crippen molar-refractivity contribution in [1.82, 2.24) is 10.3 Å². The molecule has 0 unspecified atom stereocenters. The van der Waals surface area contributed by atoms with Gasteiger partial charge in [0.05, 0.1) is 10.6 Å². The molecule has 0 radical (unpaired) electrons. The zero-order valence-corrected chi connectivity index (χ0v) is 15.7. The van der Waals surface area contributed by atoms with Crippen LogP contribution in [0.25, 0.3) is 0 Å². The smallest absolute Gasteiger partial charge is 0.253 e. The first-order chi connectivity index (χ1) is 12.5. The van der Waals surface area contributed by atoms with Gasteiger partial charge in [-0.25, -0.2) is 9.37 Å². The van der Waals surface area contributed by atoms with Crippen LogP contribution in [0.5, 0.6) is 11.6 Å². The highest BCUT2D eigenvalue weighted by Crippen LogP contribution is 2.24. The number of rotatable bonds is 5. The van der Waals surface area contributed by atoms with Gasteiger partial charge in [0.15, 0.2) is 0 Å². The normalized spacial score (nSPS) is 10.4. The maximum atomic E-state index is 13.3. The van der Waals surface area contributed by atoms with Crippen molar-refractivity contribution in [3.05, 3.63) is 87.2 Å². The quantitative estimate of drug-likeness (QED) is 0.587. The minimum atomic E-state index is -0.404. The summed E-state index contributed by atoms with van der Waals surface area (Å²) in [5.74, 6) is -0.103. The van der Waals surface area contributed by atoms with Gasteiger partial charge in [-0.15, -0.1) is 0 Å². The first-order valence-corrected chi connectivity index (χ1v) is 8.80. The summed E-state index contributed by atoms with van der Waals surface area (Å²) in [7, 11) is 0. The molecule has 0 fully saturated rings. The van der Waals surface area contributed by atoms with Gasteiger partial charge in [0, 0.05) is 28.8 Å². The Labute approximate surface area is 163 Å². The minimum Gasteiger partial charge on any atom is -0.439 e. The molecule has 0 aliphatic heterocycles. The first-order valence-electron chi connectivity index (χ1n) is 7.63. The van der Waals surface area contributed by atoms with Gasteiger partial charge in [0.1, 0.15) is 11.6 Å². The van der Waals surface area contributed by atoms with E-state index in [-0.39, 0.29) is 12.5 Å². The van der Waals surface area contributed by atoms with Crippen LogP contribution in [0.4, 0.5) is 4.39 Å². The van der Waals surface area contributed by atoms with Crippen LogP contribution in [0.1, 0.15) is 15.9 Å². The number of ether oxygens (including phenoxy) is 1. The Morgan fingerprint density at radius 2 is 2.04 bits per heavy atom. The van der Waals surface area contributed by atoms with Crippen molar-refractivity contribution in [2.24, 2.45) is 0 Å². The highest BCUT2D eigenvalue weighted by molar-refractivity contribution is 9.10. The Kier molecular flexibility index (Phi) is 5.85. The van der Waals surface area contributed by atoms with Gasteiger partial charge in [-0.05, 0) is 36.4 Å². The summed E-state index contributed by atoms with van der Waals surface area (Å²) in [6.07, 6.45) is 1.56. The predicted molar refractivity (Wildman–Crippen MR) is 101 cm³/mol. The molecule has 1 amide bonds. The van der Waals surface area contributed by atoms with Gasteiger partial charge in [-0.1, -0.05) is 39.7 Å². The summed E-state index contributed by atoms with van der Waals surface area (Å²) in [6, 6.07) is 14.3. The molecule has 0 atom stereocenters. The molecule has 132 valence electrons. The van der Waals surface area contributed by atoms with Gasteiger partial charge >= 0.3 is 0 Å². The SMILES string of the molecule is O=C(NCc1cccnc1Oc1cccc(F)c1)c1ccc(Br)cc1Cl. The van der Waals surface area contributed by atoms with Gasteiger partial charge in [0.2, 0.25) is 5.88 Å². The van der Waals surface area contributed by atoms with E-state index < -0.39 is 5.82 Å². The Morgan fingerprint density at radius 3 is 2.81 bits per heavy atom. The molecule has 1 N–H and O–H groups in total. The van der Waals surface area contributed by atoms with Crippen LogP contribution in [-0.4, -0.2) is 10.9 Å². The predicted octanol–water partition coefficient (Wildman–Crippen LogP) is 5.36. The van der Waals surface area contributed by atoms with Crippen LogP contribution >= 0.6 is 27.5 Å². The lowest BCUT2D eigenvalue weighted by Crippen LogP contribution is -2.23. The second-order valence-corrected chi connectivity index (χ2v) is 6.66. The summed E-state index contributed by atoms with van der Waals surface area (Å²) < 4.78 is 19.7. The standard InChI is InChI=1S/C19H13BrClFN2O2/c20-13-6-7-16(17(21)9-13)18(25)24-11-12-3-2-8-23-19(12)26-15-5-1-4-14(22)10-15/h1-10H,11H2,(H,24,25). The lowest BCUT2D eigenvalue weighted by Gasteiger charge is -2.11. The van der Waals surface area contributed by atoms with Crippen molar-refractivity contribution < 1.29 is 13.9 Å². The van der Waals surface area contributed by atoms with Crippen molar-refractivity contribution in [1.29, 1.82) is 0 Å². The van der Waals surface area contributed by atoms with Gasteiger partial charge in [-0.2, -0.15) is 0 Å². The van der Waals surface area contributed by atoms with Crippen molar-refractivity contribution >= 4 is 33.4 Å². The van der Waals surface area contributed by atoms with E-state index in [2.05, 4.69) is 26.2 Å². The Hall–Kier alpha value is -2.44. The molecular weight excluding hydrogens is 423 g/mol. The molecular formula is C19H13BrClFN2O2. The number of halogens is 3. The molecule has 0 aliphatic rings. The van der Waals surface area contributed by atoms with Crippen LogP contribution in [0, 0.1) is 5.82 Å². The summed E-state index contributed by atoms with van der Waals surface area (Å²) in [4.78, 5) is 16.5. The number of hydrogen-bond donors (Lipinski definition) is 1. The number of aromatic nitrogens is 1. The molecule has 0 aliphatic carbocycles. The zero-order valence-electron chi connectivity index (χ0n) is 13.4. The lowest BCUT2D eigenvalue weighted by atomic mass is 10.2. The average Bonchev–Trinajstić information content (AvgIpc) is 2.61.